The number of nitrogens with zero attached hydrogens (tertiary/aromatic N) is 1. The molecule has 0 fully saturated rings. The van der Waals surface area contributed by atoms with Crippen LogP contribution in [-0.2, 0) is 0 Å². The maximum absolute atomic E-state index is 8.48. The fourth-order valence-corrected chi connectivity index (χ4v) is 2.51. The van der Waals surface area contributed by atoms with Crippen LogP contribution in [0.5, 0.6) is 0 Å². The summed E-state index contributed by atoms with van der Waals surface area (Å²) < 4.78 is 2.31. The molecular weight excluding hydrogens is 385 g/mol. The highest BCUT2D eigenvalue weighted by atomic mass is 127. The fourth-order valence-electron chi connectivity index (χ4n) is 1.06. The molecule has 0 amide bonds. The molecule has 4 heteroatoms. The van der Waals surface area contributed by atoms with Crippen LogP contribution in [-0.4, -0.2) is 5.75 Å². The van der Waals surface area contributed by atoms with E-state index in [2.05, 4.69) is 63.0 Å². The molecular formula is C11H9BrINS. The number of benzene rings is 1. The number of allylic oxidation sites excluding steroid dienone is 1. The molecule has 0 atom stereocenters. The van der Waals surface area contributed by atoms with E-state index in [1.165, 1.54) is 26.5 Å². The van der Waals surface area contributed by atoms with Gasteiger partial charge < -0.3 is 0 Å². The number of rotatable bonds is 3. The highest BCUT2D eigenvalue weighted by Gasteiger charge is 2.02. The van der Waals surface area contributed by atoms with Crippen molar-refractivity contribution in [3.8, 4) is 5.40 Å². The molecule has 1 nitrogen and oxygen atoms in total. The van der Waals surface area contributed by atoms with Crippen molar-refractivity contribution in [3.05, 3.63) is 37.9 Å². The molecule has 0 aliphatic heterocycles. The molecule has 0 saturated heterocycles. The third-order valence-corrected chi connectivity index (χ3v) is 4.75. The minimum atomic E-state index is 0.763. The third kappa shape index (κ3) is 4.17. The zero-order valence-electron chi connectivity index (χ0n) is 8.13. The first-order valence-electron chi connectivity index (χ1n) is 4.27. The second kappa shape index (κ2) is 6.56. The molecule has 0 heterocycles. The molecule has 0 spiro atoms. The van der Waals surface area contributed by atoms with Gasteiger partial charge in [-0.15, -0.1) is 0 Å². The van der Waals surface area contributed by atoms with Gasteiger partial charge in [-0.3, -0.25) is 0 Å². The van der Waals surface area contributed by atoms with Gasteiger partial charge in [0.05, 0.1) is 0 Å². The van der Waals surface area contributed by atoms with Gasteiger partial charge in [-0.25, -0.2) is 0 Å². The predicted octanol–water partition coefficient (Wildman–Crippen LogP) is 4.83. The van der Waals surface area contributed by atoms with E-state index in [-0.39, 0.29) is 0 Å². The fraction of sp³-hybridized carbons (Fsp3) is 0.182. The summed E-state index contributed by atoms with van der Waals surface area (Å²) in [4.78, 5) is 0. The number of nitriles is 1. The van der Waals surface area contributed by atoms with E-state index in [9.17, 15) is 0 Å². The number of hydrogen-bond acceptors (Lipinski definition) is 2. The molecule has 1 aromatic carbocycles. The van der Waals surface area contributed by atoms with Crippen LogP contribution in [0, 0.1) is 10.7 Å². The number of thioether (sulfide) groups is 1. The lowest BCUT2D eigenvalue weighted by Crippen LogP contribution is -1.85. The quantitative estimate of drug-likeness (QED) is 0.542. The lowest BCUT2D eigenvalue weighted by molar-refractivity contribution is 1.52. The van der Waals surface area contributed by atoms with Crippen LogP contribution in [0.15, 0.2) is 32.3 Å². The Morgan fingerprint density at radius 1 is 1.47 bits per heavy atom. The Bertz CT molecular complexity index is 406. The average molecular weight is 394 g/mol. The zero-order chi connectivity index (χ0) is 11.3. The van der Waals surface area contributed by atoms with E-state index in [1.807, 2.05) is 12.1 Å². The van der Waals surface area contributed by atoms with Crippen molar-refractivity contribution < 1.29 is 0 Å². The second-order valence-corrected chi connectivity index (χ2v) is 5.89. The maximum Gasteiger partial charge on any atom is 0.133 e. The third-order valence-electron chi connectivity index (χ3n) is 1.95. The Balaban J connectivity index is 2.88. The molecule has 15 heavy (non-hydrogen) atoms. The van der Waals surface area contributed by atoms with E-state index < -0.39 is 0 Å². The maximum atomic E-state index is 8.48. The van der Waals surface area contributed by atoms with Gasteiger partial charge in [-0.05, 0) is 64.5 Å². The molecule has 0 aliphatic carbocycles. The van der Waals surface area contributed by atoms with Crippen LogP contribution in [0.1, 0.15) is 12.5 Å². The first kappa shape index (κ1) is 13.1. The average Bonchev–Trinajstić information content (AvgIpc) is 2.26. The van der Waals surface area contributed by atoms with E-state index in [0.29, 0.717) is 0 Å². The highest BCUT2D eigenvalue weighted by molar-refractivity contribution is 14.1. The van der Waals surface area contributed by atoms with E-state index in [1.54, 1.807) is 0 Å². The lowest BCUT2D eigenvalue weighted by atomic mass is 10.1. The summed E-state index contributed by atoms with van der Waals surface area (Å²) in [5, 5.41) is 10.6. The minimum absolute atomic E-state index is 0.763. The topological polar surface area (TPSA) is 23.8 Å². The first-order chi connectivity index (χ1) is 7.15. The van der Waals surface area contributed by atoms with Gasteiger partial charge in [0.2, 0.25) is 0 Å². The monoisotopic (exact) mass is 393 g/mol. The highest BCUT2D eigenvalue weighted by Crippen LogP contribution is 2.26. The number of thiocyanates is 1. The van der Waals surface area contributed by atoms with Gasteiger partial charge in [0.1, 0.15) is 5.40 Å². The molecule has 0 aromatic heterocycles. The SMILES string of the molecule is C/C(=C(\I)CSC#N)c1ccc(Br)cc1. The van der Waals surface area contributed by atoms with Crippen LogP contribution in [0.25, 0.3) is 5.57 Å². The summed E-state index contributed by atoms with van der Waals surface area (Å²) in [5.41, 5.74) is 2.45. The predicted molar refractivity (Wildman–Crippen MR) is 78.8 cm³/mol. The van der Waals surface area contributed by atoms with Gasteiger partial charge in [0, 0.05) is 13.8 Å². The summed E-state index contributed by atoms with van der Waals surface area (Å²) in [6, 6.07) is 8.21. The molecule has 1 aromatic rings. The molecule has 0 radical (unpaired) electrons. The Morgan fingerprint density at radius 2 is 2.07 bits per heavy atom. The number of halogens is 2. The van der Waals surface area contributed by atoms with Crippen molar-refractivity contribution in [2.75, 3.05) is 5.75 Å². The number of hydrogen-bond donors (Lipinski definition) is 0. The van der Waals surface area contributed by atoms with E-state index >= 15 is 0 Å². The van der Waals surface area contributed by atoms with E-state index in [4.69, 9.17) is 5.26 Å². The smallest absolute Gasteiger partial charge is 0.133 e. The van der Waals surface area contributed by atoms with Crippen molar-refractivity contribution >= 4 is 55.9 Å². The summed E-state index contributed by atoms with van der Waals surface area (Å²) in [6.07, 6.45) is 0. The van der Waals surface area contributed by atoms with Crippen molar-refractivity contribution in [3.63, 3.8) is 0 Å². The van der Waals surface area contributed by atoms with Crippen LogP contribution >= 0.6 is 50.3 Å². The van der Waals surface area contributed by atoms with Gasteiger partial charge in [-0.2, -0.15) is 5.26 Å². The Labute approximate surface area is 116 Å². The van der Waals surface area contributed by atoms with Crippen molar-refractivity contribution in [2.45, 2.75) is 6.92 Å². The lowest BCUT2D eigenvalue weighted by Gasteiger charge is -2.05. The summed E-state index contributed by atoms with van der Waals surface area (Å²) in [5.74, 6) is 0.763. The van der Waals surface area contributed by atoms with Crippen molar-refractivity contribution in [1.82, 2.24) is 0 Å². The molecule has 78 valence electrons. The van der Waals surface area contributed by atoms with Crippen LogP contribution in [0.2, 0.25) is 0 Å². The van der Waals surface area contributed by atoms with Crippen molar-refractivity contribution in [1.29, 1.82) is 5.26 Å². The molecule has 0 N–H and O–H groups in total. The Morgan fingerprint density at radius 3 is 2.60 bits per heavy atom. The van der Waals surface area contributed by atoms with Crippen LogP contribution in [0.3, 0.4) is 0 Å². The molecule has 0 saturated carbocycles. The summed E-state index contributed by atoms with van der Waals surface area (Å²) in [6.45, 7) is 2.09. The van der Waals surface area contributed by atoms with Crippen LogP contribution in [0.4, 0.5) is 0 Å². The van der Waals surface area contributed by atoms with Gasteiger partial charge in [0.15, 0.2) is 0 Å². The summed E-state index contributed by atoms with van der Waals surface area (Å²) in [7, 11) is 0. The Hall–Kier alpha value is 0.01000. The Kier molecular flexibility index (Phi) is 5.72. The molecule has 1 rings (SSSR count). The standard InChI is InChI=1S/C11H9BrINS/c1-8(11(13)6-15-7-14)9-2-4-10(12)5-3-9/h2-5H,6H2,1H3/b11-8+. The second-order valence-electron chi connectivity index (χ2n) is 2.92. The first-order valence-corrected chi connectivity index (χ1v) is 7.13. The van der Waals surface area contributed by atoms with Gasteiger partial charge >= 0.3 is 0 Å². The van der Waals surface area contributed by atoms with Gasteiger partial charge in [-0.1, -0.05) is 28.1 Å². The normalized spacial score (nSPS) is 11.9. The molecule has 0 aliphatic rings. The largest absolute Gasteiger partial charge is 0.185 e. The molecule has 0 unspecified atom stereocenters. The van der Waals surface area contributed by atoms with Crippen molar-refractivity contribution in [2.24, 2.45) is 0 Å². The minimum Gasteiger partial charge on any atom is -0.185 e. The summed E-state index contributed by atoms with van der Waals surface area (Å²) >= 11 is 6.98. The van der Waals surface area contributed by atoms with Crippen LogP contribution < -0.4 is 0 Å². The zero-order valence-corrected chi connectivity index (χ0v) is 12.7. The van der Waals surface area contributed by atoms with E-state index in [0.717, 1.165) is 10.2 Å². The molecule has 0 bridgehead atoms. The van der Waals surface area contributed by atoms with Gasteiger partial charge in [0.25, 0.3) is 0 Å².